The lowest BCUT2D eigenvalue weighted by Crippen LogP contribution is -2.37. The van der Waals surface area contributed by atoms with Crippen molar-refractivity contribution in [2.75, 3.05) is 36.5 Å². The Morgan fingerprint density at radius 3 is 2.45 bits per heavy atom. The first-order valence-electron chi connectivity index (χ1n) is 11.8. The molecule has 2 N–H and O–H groups in total. The maximum atomic E-state index is 12.9. The van der Waals surface area contributed by atoms with E-state index in [0.29, 0.717) is 49.3 Å². The number of rotatable bonds is 5. The van der Waals surface area contributed by atoms with Gasteiger partial charge in [0.2, 0.25) is 11.8 Å². The predicted molar refractivity (Wildman–Crippen MR) is 135 cm³/mol. The van der Waals surface area contributed by atoms with E-state index in [1.807, 2.05) is 42.2 Å². The van der Waals surface area contributed by atoms with E-state index in [-0.39, 0.29) is 5.82 Å². The van der Waals surface area contributed by atoms with Gasteiger partial charge in [-0.1, -0.05) is 12.1 Å². The zero-order valence-electron chi connectivity index (χ0n) is 20.2. The van der Waals surface area contributed by atoms with Gasteiger partial charge in [-0.3, -0.25) is 4.68 Å². The molecule has 0 atom stereocenters. The minimum atomic E-state index is -4.59. The SMILES string of the molecule is Cn1ncc2ccc(-c3cc(Nc4ccc(-c5nnc(C(F)(F)F)[nH]5)cc4)nc(N4CCOCC4)n3)cc21. The van der Waals surface area contributed by atoms with E-state index in [2.05, 4.69) is 30.5 Å². The van der Waals surface area contributed by atoms with Gasteiger partial charge in [-0.2, -0.15) is 23.3 Å². The molecule has 1 fully saturated rings. The van der Waals surface area contributed by atoms with Crippen molar-refractivity contribution in [3.8, 4) is 22.6 Å². The molecule has 194 valence electrons. The predicted octanol–water partition coefficient (Wildman–Crippen LogP) is 4.41. The second-order valence-corrected chi connectivity index (χ2v) is 8.80. The fourth-order valence-corrected chi connectivity index (χ4v) is 4.23. The van der Waals surface area contributed by atoms with Gasteiger partial charge in [0.15, 0.2) is 5.82 Å². The van der Waals surface area contributed by atoms with Crippen molar-refractivity contribution in [3.05, 3.63) is 60.6 Å². The second-order valence-electron chi connectivity index (χ2n) is 8.80. The van der Waals surface area contributed by atoms with Crippen molar-refractivity contribution in [3.63, 3.8) is 0 Å². The first-order valence-corrected chi connectivity index (χ1v) is 11.8. The van der Waals surface area contributed by atoms with Gasteiger partial charge < -0.3 is 19.9 Å². The zero-order valence-corrected chi connectivity index (χ0v) is 20.2. The summed E-state index contributed by atoms with van der Waals surface area (Å²) in [6.07, 6.45) is -2.77. The van der Waals surface area contributed by atoms with Crippen molar-refractivity contribution < 1.29 is 17.9 Å². The van der Waals surface area contributed by atoms with Crippen molar-refractivity contribution in [2.45, 2.75) is 6.18 Å². The normalized spacial score (nSPS) is 14.3. The molecular weight excluding hydrogens is 499 g/mol. The maximum absolute atomic E-state index is 12.9. The van der Waals surface area contributed by atoms with Crippen LogP contribution in [0.25, 0.3) is 33.5 Å². The summed E-state index contributed by atoms with van der Waals surface area (Å²) in [5.41, 5.74) is 3.82. The lowest BCUT2D eigenvalue weighted by molar-refractivity contribution is -0.144. The number of hydrogen-bond donors (Lipinski definition) is 2. The number of anilines is 3. The Hall–Kier alpha value is -4.52. The van der Waals surface area contributed by atoms with Crippen LogP contribution in [0.5, 0.6) is 0 Å². The number of aromatic amines is 1. The fourth-order valence-electron chi connectivity index (χ4n) is 4.23. The van der Waals surface area contributed by atoms with Crippen LogP contribution < -0.4 is 10.2 Å². The molecule has 38 heavy (non-hydrogen) atoms. The Balaban J connectivity index is 1.31. The average molecular weight is 522 g/mol. The summed E-state index contributed by atoms with van der Waals surface area (Å²) >= 11 is 0. The molecule has 3 aromatic heterocycles. The molecule has 1 aliphatic heterocycles. The molecular formula is C25H22F3N9O. The van der Waals surface area contributed by atoms with Crippen LogP contribution in [0.15, 0.2) is 54.7 Å². The highest BCUT2D eigenvalue weighted by Gasteiger charge is 2.35. The molecule has 1 saturated heterocycles. The van der Waals surface area contributed by atoms with Crippen molar-refractivity contribution >= 4 is 28.4 Å². The molecule has 0 saturated carbocycles. The van der Waals surface area contributed by atoms with E-state index in [1.165, 1.54) is 0 Å². The minimum Gasteiger partial charge on any atom is -0.378 e. The molecule has 0 spiro atoms. The van der Waals surface area contributed by atoms with Crippen LogP contribution in [0.2, 0.25) is 0 Å². The molecule has 6 rings (SSSR count). The molecule has 0 radical (unpaired) electrons. The summed E-state index contributed by atoms with van der Waals surface area (Å²) in [5, 5.41) is 15.4. The third kappa shape index (κ3) is 4.75. The zero-order chi connectivity index (χ0) is 26.3. The molecule has 0 bridgehead atoms. The number of ether oxygens (including phenoxy) is 1. The standard InChI is InChI=1S/C25H22F3N9O/c1-36-20-12-16(2-3-17(20)14-29-36)19-13-21(32-24(31-19)37-8-10-38-11-9-37)30-18-6-4-15(5-7-18)22-33-23(35-34-22)25(26,27)28/h2-7,12-14H,8-11H2,1H3,(H,30,31,32)(H,33,34,35). The van der Waals surface area contributed by atoms with Gasteiger partial charge >= 0.3 is 6.18 Å². The molecule has 13 heteroatoms. The number of nitrogens with one attached hydrogen (secondary N) is 2. The number of aryl methyl sites for hydroxylation is 1. The summed E-state index contributed by atoms with van der Waals surface area (Å²) in [6, 6.07) is 14.7. The summed E-state index contributed by atoms with van der Waals surface area (Å²) in [5.74, 6) is 0.0567. The van der Waals surface area contributed by atoms with Gasteiger partial charge in [-0.15, -0.1) is 10.2 Å². The smallest absolute Gasteiger partial charge is 0.378 e. The number of benzene rings is 2. The van der Waals surface area contributed by atoms with Crippen molar-refractivity contribution in [1.29, 1.82) is 0 Å². The number of halogens is 3. The molecule has 4 heterocycles. The van der Waals surface area contributed by atoms with Gasteiger partial charge in [-0.05, 0) is 30.3 Å². The summed E-state index contributed by atoms with van der Waals surface area (Å²) < 4.78 is 45.9. The lowest BCUT2D eigenvalue weighted by Gasteiger charge is -2.27. The highest BCUT2D eigenvalue weighted by Crippen LogP contribution is 2.30. The quantitative estimate of drug-likeness (QED) is 0.350. The summed E-state index contributed by atoms with van der Waals surface area (Å²) in [6.45, 7) is 2.54. The van der Waals surface area contributed by atoms with Crippen LogP contribution in [0, 0.1) is 0 Å². The number of fused-ring (bicyclic) bond motifs is 1. The van der Waals surface area contributed by atoms with Crippen molar-refractivity contribution in [1.82, 2.24) is 34.9 Å². The third-order valence-corrected chi connectivity index (χ3v) is 6.24. The number of hydrogen-bond acceptors (Lipinski definition) is 8. The number of alkyl halides is 3. The van der Waals surface area contributed by atoms with Gasteiger partial charge in [0.1, 0.15) is 5.82 Å². The van der Waals surface area contributed by atoms with E-state index in [0.717, 1.165) is 22.2 Å². The van der Waals surface area contributed by atoms with Crippen LogP contribution in [-0.4, -0.2) is 61.2 Å². The van der Waals surface area contributed by atoms with Crippen LogP contribution >= 0.6 is 0 Å². The Bertz CT molecular complexity index is 1590. The largest absolute Gasteiger partial charge is 0.451 e. The Morgan fingerprint density at radius 1 is 0.947 bits per heavy atom. The minimum absolute atomic E-state index is 0.0355. The first-order chi connectivity index (χ1) is 18.3. The van der Waals surface area contributed by atoms with Crippen molar-refractivity contribution in [2.24, 2.45) is 7.05 Å². The fraction of sp³-hybridized carbons (Fsp3) is 0.240. The monoisotopic (exact) mass is 521 g/mol. The highest BCUT2D eigenvalue weighted by molar-refractivity contribution is 5.84. The van der Waals surface area contributed by atoms with Crippen LogP contribution in [-0.2, 0) is 18.0 Å². The second kappa shape index (κ2) is 9.41. The summed E-state index contributed by atoms with van der Waals surface area (Å²) in [7, 11) is 1.89. The molecule has 0 unspecified atom stereocenters. The highest BCUT2D eigenvalue weighted by atomic mass is 19.4. The van der Waals surface area contributed by atoms with E-state index < -0.39 is 12.0 Å². The molecule has 0 amide bonds. The van der Waals surface area contributed by atoms with E-state index in [1.54, 1.807) is 24.3 Å². The van der Waals surface area contributed by atoms with Gasteiger partial charge in [0, 0.05) is 48.4 Å². The molecule has 2 aromatic carbocycles. The van der Waals surface area contributed by atoms with E-state index >= 15 is 0 Å². The Morgan fingerprint density at radius 2 is 1.71 bits per heavy atom. The number of morpholine rings is 1. The van der Waals surface area contributed by atoms with Gasteiger partial charge in [-0.25, -0.2) is 4.98 Å². The molecule has 1 aliphatic rings. The number of H-pyrrole nitrogens is 1. The van der Waals surface area contributed by atoms with Crippen LogP contribution in [0.4, 0.5) is 30.6 Å². The van der Waals surface area contributed by atoms with E-state index in [9.17, 15) is 13.2 Å². The molecule has 0 aliphatic carbocycles. The average Bonchev–Trinajstić information content (AvgIpc) is 3.57. The maximum Gasteiger partial charge on any atom is 0.451 e. The third-order valence-electron chi connectivity index (χ3n) is 6.24. The first kappa shape index (κ1) is 23.9. The topological polar surface area (TPSA) is 110 Å². The summed E-state index contributed by atoms with van der Waals surface area (Å²) in [4.78, 5) is 13.9. The van der Waals surface area contributed by atoms with Crippen LogP contribution in [0.3, 0.4) is 0 Å². The lowest BCUT2D eigenvalue weighted by atomic mass is 10.1. The number of nitrogens with zero attached hydrogens (tertiary/aromatic N) is 7. The van der Waals surface area contributed by atoms with E-state index in [4.69, 9.17) is 14.7 Å². The molecule has 10 nitrogen and oxygen atoms in total. The number of aromatic nitrogens is 7. The van der Waals surface area contributed by atoms with Crippen LogP contribution in [0.1, 0.15) is 5.82 Å². The Labute approximate surface area is 214 Å². The van der Waals surface area contributed by atoms with Gasteiger partial charge in [0.25, 0.3) is 0 Å². The Kier molecular flexibility index (Phi) is 5.91. The molecule has 5 aromatic rings. The van der Waals surface area contributed by atoms with Gasteiger partial charge in [0.05, 0.1) is 30.6 Å².